The van der Waals surface area contributed by atoms with Gasteiger partial charge in [0.25, 0.3) is 0 Å². The molecule has 4 fully saturated rings. The Morgan fingerprint density at radius 3 is 2.36 bits per heavy atom. The van der Waals surface area contributed by atoms with Crippen LogP contribution in [0, 0.1) is 23.7 Å². The van der Waals surface area contributed by atoms with Gasteiger partial charge in [0.05, 0.1) is 0 Å². The molecule has 0 radical (unpaired) electrons. The van der Waals surface area contributed by atoms with Crippen LogP contribution in [0.3, 0.4) is 0 Å². The largest absolute Gasteiger partial charge is 0.312 e. The monoisotopic (exact) mass is 304 g/mol. The Kier molecular flexibility index (Phi) is 4.78. The number of nitrogens with zero attached hydrogens (tertiary/aromatic N) is 1. The highest BCUT2D eigenvalue weighted by atomic mass is 15.2. The minimum Gasteiger partial charge on any atom is -0.312 e. The minimum absolute atomic E-state index is 0.777. The smallest absolute Gasteiger partial charge is 0.0198 e. The fourth-order valence-corrected chi connectivity index (χ4v) is 5.14. The number of nitrogens with one attached hydrogen (secondary N) is 1. The third-order valence-electron chi connectivity index (χ3n) is 6.98. The first kappa shape index (κ1) is 15.4. The summed E-state index contributed by atoms with van der Waals surface area (Å²) in [5.41, 5.74) is 0. The summed E-state index contributed by atoms with van der Waals surface area (Å²) in [5, 5.41) is 3.99. The molecule has 1 saturated heterocycles. The van der Waals surface area contributed by atoms with E-state index in [1.54, 1.807) is 0 Å². The van der Waals surface area contributed by atoms with Gasteiger partial charge in [0.2, 0.25) is 0 Å². The van der Waals surface area contributed by atoms with E-state index in [0.717, 1.165) is 35.8 Å². The molecule has 3 saturated carbocycles. The summed E-state index contributed by atoms with van der Waals surface area (Å²) in [6.07, 6.45) is 14.9. The Morgan fingerprint density at radius 1 is 0.909 bits per heavy atom. The van der Waals surface area contributed by atoms with E-state index in [2.05, 4.69) is 17.1 Å². The third-order valence-corrected chi connectivity index (χ3v) is 6.98. The molecule has 0 bridgehead atoms. The van der Waals surface area contributed by atoms with Crippen molar-refractivity contribution >= 4 is 0 Å². The van der Waals surface area contributed by atoms with E-state index < -0.39 is 0 Å². The SMILES string of the molecule is CC(C1CC1)N1CC(CC2CC2)CC(NCC2CCCC2)C1. The summed E-state index contributed by atoms with van der Waals surface area (Å²) < 4.78 is 0. The molecular weight excluding hydrogens is 268 g/mol. The second-order valence-corrected chi connectivity index (χ2v) is 9.07. The van der Waals surface area contributed by atoms with Crippen LogP contribution >= 0.6 is 0 Å². The van der Waals surface area contributed by atoms with Crippen molar-refractivity contribution in [3.63, 3.8) is 0 Å². The van der Waals surface area contributed by atoms with Crippen molar-refractivity contribution in [1.29, 1.82) is 0 Å². The van der Waals surface area contributed by atoms with Crippen molar-refractivity contribution in [3.05, 3.63) is 0 Å². The van der Waals surface area contributed by atoms with Crippen LogP contribution in [0.2, 0.25) is 0 Å². The first-order valence-electron chi connectivity index (χ1n) is 10.3. The molecule has 0 spiro atoms. The normalized spacial score (nSPS) is 35.9. The molecule has 3 atom stereocenters. The number of rotatable bonds is 7. The van der Waals surface area contributed by atoms with Crippen LogP contribution < -0.4 is 5.32 Å². The Bertz CT molecular complexity index is 355. The van der Waals surface area contributed by atoms with Gasteiger partial charge in [0, 0.05) is 25.2 Å². The highest BCUT2D eigenvalue weighted by Crippen LogP contribution is 2.40. The maximum atomic E-state index is 3.99. The summed E-state index contributed by atoms with van der Waals surface area (Å²) >= 11 is 0. The van der Waals surface area contributed by atoms with E-state index in [1.807, 2.05) is 0 Å². The predicted molar refractivity (Wildman–Crippen MR) is 93.0 cm³/mol. The van der Waals surface area contributed by atoms with Crippen molar-refractivity contribution in [2.45, 2.75) is 83.2 Å². The molecule has 1 N–H and O–H groups in total. The lowest BCUT2D eigenvalue weighted by Gasteiger charge is -2.42. The van der Waals surface area contributed by atoms with Crippen molar-refractivity contribution in [3.8, 4) is 0 Å². The first-order chi connectivity index (χ1) is 10.8. The van der Waals surface area contributed by atoms with Gasteiger partial charge in [-0.15, -0.1) is 0 Å². The second-order valence-electron chi connectivity index (χ2n) is 9.07. The molecule has 3 aliphatic carbocycles. The standard InChI is InChI=1S/C20H36N2/c1-15(19-8-9-19)22-13-18(10-16-6-7-16)11-20(14-22)21-12-17-4-2-3-5-17/h15-21H,2-14H2,1H3. The van der Waals surface area contributed by atoms with Crippen LogP contribution in [0.15, 0.2) is 0 Å². The fraction of sp³-hybridized carbons (Fsp3) is 1.00. The van der Waals surface area contributed by atoms with Crippen molar-refractivity contribution in [2.75, 3.05) is 19.6 Å². The quantitative estimate of drug-likeness (QED) is 0.763. The van der Waals surface area contributed by atoms with Crippen molar-refractivity contribution in [2.24, 2.45) is 23.7 Å². The van der Waals surface area contributed by atoms with Gasteiger partial charge < -0.3 is 5.32 Å². The Balaban J connectivity index is 1.31. The summed E-state index contributed by atoms with van der Waals surface area (Å²) in [6.45, 7) is 6.53. The molecule has 126 valence electrons. The lowest BCUT2D eigenvalue weighted by molar-refractivity contribution is 0.0872. The van der Waals surface area contributed by atoms with Gasteiger partial charge in [-0.05, 0) is 75.7 Å². The Hall–Kier alpha value is -0.0800. The molecular formula is C20H36N2. The topological polar surface area (TPSA) is 15.3 Å². The summed E-state index contributed by atoms with van der Waals surface area (Å²) in [4.78, 5) is 2.86. The van der Waals surface area contributed by atoms with E-state index in [0.29, 0.717) is 0 Å². The van der Waals surface area contributed by atoms with E-state index in [4.69, 9.17) is 0 Å². The maximum Gasteiger partial charge on any atom is 0.0198 e. The zero-order valence-corrected chi connectivity index (χ0v) is 14.6. The van der Waals surface area contributed by atoms with Gasteiger partial charge in [-0.3, -0.25) is 4.90 Å². The van der Waals surface area contributed by atoms with Gasteiger partial charge >= 0.3 is 0 Å². The molecule has 22 heavy (non-hydrogen) atoms. The number of hydrogen-bond donors (Lipinski definition) is 1. The lowest BCUT2D eigenvalue weighted by Crippen LogP contribution is -2.53. The van der Waals surface area contributed by atoms with E-state index in [1.165, 1.54) is 83.8 Å². The van der Waals surface area contributed by atoms with Crippen LogP contribution in [-0.2, 0) is 0 Å². The molecule has 1 aliphatic heterocycles. The van der Waals surface area contributed by atoms with Crippen LogP contribution in [0.5, 0.6) is 0 Å². The van der Waals surface area contributed by atoms with E-state index in [9.17, 15) is 0 Å². The van der Waals surface area contributed by atoms with E-state index in [-0.39, 0.29) is 0 Å². The predicted octanol–water partition coefficient (Wildman–Crippen LogP) is 4.06. The van der Waals surface area contributed by atoms with Gasteiger partial charge in [-0.25, -0.2) is 0 Å². The highest BCUT2D eigenvalue weighted by Gasteiger charge is 2.38. The summed E-state index contributed by atoms with van der Waals surface area (Å²) in [6, 6.07) is 1.62. The average Bonchev–Trinajstić information content (AvgIpc) is 3.45. The zero-order valence-electron chi connectivity index (χ0n) is 14.6. The summed E-state index contributed by atoms with van der Waals surface area (Å²) in [7, 11) is 0. The minimum atomic E-state index is 0.777. The molecule has 0 amide bonds. The number of likely N-dealkylation sites (tertiary alicyclic amines) is 1. The average molecular weight is 305 g/mol. The lowest BCUT2D eigenvalue weighted by atomic mass is 9.88. The van der Waals surface area contributed by atoms with E-state index >= 15 is 0 Å². The molecule has 1 heterocycles. The first-order valence-corrected chi connectivity index (χ1v) is 10.3. The molecule has 4 aliphatic rings. The van der Waals surface area contributed by atoms with Crippen LogP contribution in [-0.4, -0.2) is 36.6 Å². The van der Waals surface area contributed by atoms with Crippen LogP contribution in [0.1, 0.15) is 71.1 Å². The van der Waals surface area contributed by atoms with Gasteiger partial charge in [-0.1, -0.05) is 25.7 Å². The number of hydrogen-bond acceptors (Lipinski definition) is 2. The molecule has 0 aromatic rings. The molecule has 0 aromatic carbocycles. The maximum absolute atomic E-state index is 3.99. The van der Waals surface area contributed by atoms with Crippen LogP contribution in [0.25, 0.3) is 0 Å². The van der Waals surface area contributed by atoms with Crippen LogP contribution in [0.4, 0.5) is 0 Å². The Labute approximate surface area is 137 Å². The fourth-order valence-electron chi connectivity index (χ4n) is 5.14. The van der Waals surface area contributed by atoms with Gasteiger partial charge in [0.1, 0.15) is 0 Å². The molecule has 2 heteroatoms. The van der Waals surface area contributed by atoms with Gasteiger partial charge in [0.15, 0.2) is 0 Å². The second kappa shape index (κ2) is 6.81. The van der Waals surface area contributed by atoms with Gasteiger partial charge in [-0.2, -0.15) is 0 Å². The Morgan fingerprint density at radius 2 is 1.68 bits per heavy atom. The highest BCUT2D eigenvalue weighted by molar-refractivity contribution is 4.93. The zero-order chi connectivity index (χ0) is 14.9. The molecule has 0 aromatic heterocycles. The third kappa shape index (κ3) is 4.06. The molecule has 3 unspecified atom stereocenters. The van der Waals surface area contributed by atoms with Crippen molar-refractivity contribution in [1.82, 2.24) is 10.2 Å². The molecule has 4 rings (SSSR count). The van der Waals surface area contributed by atoms with Crippen molar-refractivity contribution < 1.29 is 0 Å². The summed E-state index contributed by atoms with van der Waals surface area (Å²) in [5.74, 6) is 4.08. The molecule has 2 nitrogen and oxygen atoms in total. The number of piperidine rings is 1.